The summed E-state index contributed by atoms with van der Waals surface area (Å²) in [6.07, 6.45) is 0. The predicted octanol–water partition coefficient (Wildman–Crippen LogP) is 4.16. The number of nitrogens with one attached hydrogen (secondary N) is 1. The van der Waals surface area contributed by atoms with E-state index in [1.807, 2.05) is 0 Å². The fourth-order valence-electron chi connectivity index (χ4n) is 1.83. The number of fused-ring (bicyclic) bond motifs is 1. The van der Waals surface area contributed by atoms with Gasteiger partial charge in [0.25, 0.3) is 0 Å². The van der Waals surface area contributed by atoms with Gasteiger partial charge in [0.2, 0.25) is 0 Å². The van der Waals surface area contributed by atoms with Crippen LogP contribution in [0.4, 0.5) is 0 Å². The van der Waals surface area contributed by atoms with Crippen molar-refractivity contribution < 1.29 is 0 Å². The van der Waals surface area contributed by atoms with Gasteiger partial charge in [-0.15, -0.1) is 0 Å². The van der Waals surface area contributed by atoms with Gasteiger partial charge >= 0.3 is 0 Å². The Hall–Kier alpha value is -1.31. The second-order valence-electron chi connectivity index (χ2n) is 6.82. The number of hydrogen-bond donors (Lipinski definition) is 1. The standard InChI is InChI=1S/C15H22N2/c1-14(2,3)10-7-8-11-12(9-10)17-13(16-11)15(4,5)6/h7-9H,1-6H3,(H,16,17). The van der Waals surface area contributed by atoms with Crippen LogP contribution >= 0.6 is 0 Å². The molecule has 0 aliphatic carbocycles. The first kappa shape index (κ1) is 12.2. The molecular weight excluding hydrogens is 208 g/mol. The largest absolute Gasteiger partial charge is 0.342 e. The van der Waals surface area contributed by atoms with Crippen LogP contribution in [0.5, 0.6) is 0 Å². The summed E-state index contributed by atoms with van der Waals surface area (Å²) in [6.45, 7) is 13.2. The van der Waals surface area contributed by atoms with Crippen LogP contribution in [-0.2, 0) is 10.8 Å². The highest BCUT2D eigenvalue weighted by Gasteiger charge is 2.19. The second-order valence-corrected chi connectivity index (χ2v) is 6.82. The van der Waals surface area contributed by atoms with Crippen molar-refractivity contribution >= 4 is 11.0 Å². The number of aromatic nitrogens is 2. The van der Waals surface area contributed by atoms with Gasteiger partial charge in [-0.2, -0.15) is 0 Å². The highest BCUT2D eigenvalue weighted by atomic mass is 14.9. The van der Waals surface area contributed by atoms with Crippen LogP contribution in [0.25, 0.3) is 11.0 Å². The first-order valence-corrected chi connectivity index (χ1v) is 6.19. The van der Waals surface area contributed by atoms with Crippen molar-refractivity contribution in [2.75, 3.05) is 0 Å². The Kier molecular flexibility index (Phi) is 2.57. The van der Waals surface area contributed by atoms with E-state index in [0.717, 1.165) is 16.9 Å². The van der Waals surface area contributed by atoms with Gasteiger partial charge in [-0.3, -0.25) is 0 Å². The molecule has 17 heavy (non-hydrogen) atoms. The third-order valence-corrected chi connectivity index (χ3v) is 3.06. The zero-order valence-electron chi connectivity index (χ0n) is 11.7. The Bertz CT molecular complexity index is 524. The molecule has 0 atom stereocenters. The maximum atomic E-state index is 4.70. The van der Waals surface area contributed by atoms with Gasteiger partial charge in [-0.05, 0) is 23.1 Å². The number of nitrogens with zero attached hydrogens (tertiary/aromatic N) is 1. The van der Waals surface area contributed by atoms with Crippen molar-refractivity contribution in [3.8, 4) is 0 Å². The van der Waals surface area contributed by atoms with E-state index in [9.17, 15) is 0 Å². The molecule has 2 rings (SSSR count). The normalized spacial score (nSPS) is 13.3. The quantitative estimate of drug-likeness (QED) is 0.723. The molecule has 1 aromatic heterocycles. The van der Waals surface area contributed by atoms with E-state index in [4.69, 9.17) is 4.98 Å². The lowest BCUT2D eigenvalue weighted by Crippen LogP contribution is -2.13. The third kappa shape index (κ3) is 2.36. The van der Waals surface area contributed by atoms with E-state index >= 15 is 0 Å². The van der Waals surface area contributed by atoms with Gasteiger partial charge in [0.1, 0.15) is 5.82 Å². The average Bonchev–Trinajstić information content (AvgIpc) is 2.57. The summed E-state index contributed by atoms with van der Waals surface area (Å²) >= 11 is 0. The molecule has 0 aliphatic heterocycles. The molecule has 2 aromatic rings. The number of hydrogen-bond acceptors (Lipinski definition) is 1. The molecule has 0 bridgehead atoms. The summed E-state index contributed by atoms with van der Waals surface area (Å²) in [5.74, 6) is 1.05. The highest BCUT2D eigenvalue weighted by Crippen LogP contribution is 2.27. The van der Waals surface area contributed by atoms with Crippen LogP contribution in [0.3, 0.4) is 0 Å². The smallest absolute Gasteiger partial charge is 0.112 e. The first-order chi connectivity index (χ1) is 7.68. The van der Waals surface area contributed by atoms with Crippen LogP contribution in [0.15, 0.2) is 18.2 Å². The lowest BCUT2D eigenvalue weighted by atomic mass is 9.87. The monoisotopic (exact) mass is 230 g/mol. The van der Waals surface area contributed by atoms with Crippen LogP contribution in [-0.4, -0.2) is 9.97 Å². The Morgan fingerprint density at radius 3 is 2.12 bits per heavy atom. The van der Waals surface area contributed by atoms with Gasteiger partial charge < -0.3 is 4.98 Å². The number of aromatic amines is 1. The minimum atomic E-state index is 0.0704. The lowest BCUT2D eigenvalue weighted by molar-refractivity contribution is 0.554. The highest BCUT2D eigenvalue weighted by molar-refractivity contribution is 5.76. The number of H-pyrrole nitrogens is 1. The third-order valence-electron chi connectivity index (χ3n) is 3.06. The average molecular weight is 230 g/mol. The Morgan fingerprint density at radius 1 is 0.941 bits per heavy atom. The van der Waals surface area contributed by atoms with E-state index in [-0.39, 0.29) is 10.8 Å². The molecule has 0 spiro atoms. The summed E-state index contributed by atoms with van der Waals surface area (Å²) < 4.78 is 0. The minimum absolute atomic E-state index is 0.0704. The Balaban J connectivity index is 2.56. The molecule has 2 heteroatoms. The molecule has 0 unspecified atom stereocenters. The van der Waals surface area contributed by atoms with Crippen molar-refractivity contribution in [2.24, 2.45) is 0 Å². The molecule has 0 aliphatic rings. The molecule has 2 nitrogen and oxygen atoms in total. The van der Waals surface area contributed by atoms with E-state index in [0.29, 0.717) is 0 Å². The van der Waals surface area contributed by atoms with Gasteiger partial charge in [0, 0.05) is 5.41 Å². The minimum Gasteiger partial charge on any atom is -0.342 e. The number of benzene rings is 1. The molecule has 1 aromatic carbocycles. The fourth-order valence-corrected chi connectivity index (χ4v) is 1.83. The zero-order chi connectivity index (χ0) is 12.8. The summed E-state index contributed by atoms with van der Waals surface area (Å²) in [6, 6.07) is 6.52. The van der Waals surface area contributed by atoms with Crippen LogP contribution in [0, 0.1) is 0 Å². The molecule has 92 valence electrons. The summed E-state index contributed by atoms with van der Waals surface area (Å²) in [5, 5.41) is 0. The van der Waals surface area contributed by atoms with Gasteiger partial charge in [0.05, 0.1) is 11.0 Å². The second kappa shape index (κ2) is 3.59. The van der Waals surface area contributed by atoms with Crippen molar-refractivity contribution in [3.05, 3.63) is 29.6 Å². The molecule has 1 N–H and O–H groups in total. The predicted molar refractivity (Wildman–Crippen MR) is 73.5 cm³/mol. The summed E-state index contributed by atoms with van der Waals surface area (Å²) in [7, 11) is 0. The zero-order valence-corrected chi connectivity index (χ0v) is 11.7. The summed E-state index contributed by atoms with van der Waals surface area (Å²) in [5.41, 5.74) is 3.78. The van der Waals surface area contributed by atoms with Gasteiger partial charge in [0.15, 0.2) is 0 Å². The number of imidazole rings is 1. The lowest BCUT2D eigenvalue weighted by Gasteiger charge is -2.18. The Morgan fingerprint density at radius 2 is 1.59 bits per heavy atom. The molecule has 0 amide bonds. The van der Waals surface area contributed by atoms with E-state index < -0.39 is 0 Å². The van der Waals surface area contributed by atoms with E-state index in [1.54, 1.807) is 0 Å². The molecule has 0 saturated carbocycles. The SMILES string of the molecule is CC(C)(C)c1ccc2[nH]c(C(C)(C)C)nc2c1. The molecule has 0 saturated heterocycles. The van der Waals surface area contributed by atoms with Crippen molar-refractivity contribution in [1.82, 2.24) is 9.97 Å². The van der Waals surface area contributed by atoms with Crippen LogP contribution < -0.4 is 0 Å². The van der Waals surface area contributed by atoms with Crippen LogP contribution in [0.1, 0.15) is 52.9 Å². The number of rotatable bonds is 0. The fraction of sp³-hybridized carbons (Fsp3) is 0.533. The molecule has 0 radical (unpaired) electrons. The van der Waals surface area contributed by atoms with Crippen molar-refractivity contribution in [2.45, 2.75) is 52.4 Å². The molecule has 0 fully saturated rings. The molecular formula is C15H22N2. The first-order valence-electron chi connectivity index (χ1n) is 6.19. The maximum Gasteiger partial charge on any atom is 0.112 e. The van der Waals surface area contributed by atoms with Crippen molar-refractivity contribution in [1.29, 1.82) is 0 Å². The summed E-state index contributed by atoms with van der Waals surface area (Å²) in [4.78, 5) is 8.11. The van der Waals surface area contributed by atoms with Crippen LogP contribution in [0.2, 0.25) is 0 Å². The van der Waals surface area contributed by atoms with E-state index in [2.05, 4.69) is 64.7 Å². The van der Waals surface area contributed by atoms with E-state index in [1.165, 1.54) is 5.56 Å². The topological polar surface area (TPSA) is 28.7 Å². The van der Waals surface area contributed by atoms with Gasteiger partial charge in [-0.1, -0.05) is 47.6 Å². The molecule has 1 heterocycles. The van der Waals surface area contributed by atoms with Gasteiger partial charge in [-0.25, -0.2) is 4.98 Å². The van der Waals surface area contributed by atoms with Crippen molar-refractivity contribution in [3.63, 3.8) is 0 Å². The maximum absolute atomic E-state index is 4.70. The Labute approximate surface area is 103 Å².